The van der Waals surface area contributed by atoms with Crippen LogP contribution in [0.25, 0.3) is 11.0 Å². The van der Waals surface area contributed by atoms with Crippen LogP contribution in [0, 0.1) is 18.8 Å². The molecule has 2 heterocycles. The molecule has 2 aromatic heterocycles. The summed E-state index contributed by atoms with van der Waals surface area (Å²) in [5, 5.41) is 2.41. The van der Waals surface area contributed by atoms with E-state index in [0.717, 1.165) is 40.5 Å². The number of aryl methyl sites for hydroxylation is 1. The van der Waals surface area contributed by atoms with Crippen molar-refractivity contribution in [3.05, 3.63) is 88.9 Å². The van der Waals surface area contributed by atoms with E-state index in [2.05, 4.69) is 27.1 Å². The van der Waals surface area contributed by atoms with Crippen molar-refractivity contribution in [2.75, 3.05) is 19.0 Å². The van der Waals surface area contributed by atoms with Crippen LogP contribution in [-0.4, -0.2) is 34.2 Å². The number of amides is 1. The van der Waals surface area contributed by atoms with Crippen LogP contribution in [0.3, 0.4) is 0 Å². The molecule has 6 nitrogen and oxygen atoms in total. The lowest BCUT2D eigenvalue weighted by Gasteiger charge is -2.09. The number of rotatable bonds is 5. The van der Waals surface area contributed by atoms with Crippen molar-refractivity contribution in [1.29, 1.82) is 0 Å². The van der Waals surface area contributed by atoms with Gasteiger partial charge in [0.1, 0.15) is 5.82 Å². The Morgan fingerprint density at radius 2 is 1.91 bits per heavy atom. The summed E-state index contributed by atoms with van der Waals surface area (Å²) in [7, 11) is 1.65. The number of fused-ring (bicyclic) bond motifs is 1. The molecule has 2 aromatic carbocycles. The van der Waals surface area contributed by atoms with Crippen LogP contribution in [0.2, 0.25) is 0 Å². The first-order chi connectivity index (χ1) is 16.7. The van der Waals surface area contributed by atoms with E-state index in [0.29, 0.717) is 18.7 Å². The summed E-state index contributed by atoms with van der Waals surface area (Å²) in [6, 6.07) is 12.3. The van der Waals surface area contributed by atoms with Crippen molar-refractivity contribution in [3.63, 3.8) is 0 Å². The van der Waals surface area contributed by atoms with Crippen LogP contribution in [0.1, 0.15) is 32.6 Å². The third-order valence-electron chi connectivity index (χ3n) is 5.33. The van der Waals surface area contributed by atoms with Crippen molar-refractivity contribution < 1.29 is 22.7 Å². The van der Waals surface area contributed by atoms with E-state index >= 15 is 0 Å². The summed E-state index contributed by atoms with van der Waals surface area (Å²) < 4.78 is 45.9. The lowest BCUT2D eigenvalue weighted by atomic mass is 10.0. The molecular weight excluding hydrogens is 457 g/mol. The third kappa shape index (κ3) is 5.67. The Bertz CT molecular complexity index is 1450. The zero-order valence-electron chi connectivity index (χ0n) is 19.0. The van der Waals surface area contributed by atoms with E-state index in [1.807, 2.05) is 29.7 Å². The first-order valence-corrected chi connectivity index (χ1v) is 10.7. The maximum absolute atomic E-state index is 12.9. The molecule has 35 heavy (non-hydrogen) atoms. The second-order valence-electron chi connectivity index (χ2n) is 7.80. The standard InChI is InChI=1S/C26H21F3N4O2/c1-17-3-6-20(25(34)32-24-15-21(9-10-30-24)26(27,28)29)14-19(17)7-4-18-5-8-23-22(13-18)31-16-33(23)11-12-35-2/h3,5-6,8-10,13-16H,11-12H2,1-2H3,(H,30,32,34). The van der Waals surface area contributed by atoms with Gasteiger partial charge in [0, 0.05) is 36.5 Å². The second kappa shape index (κ2) is 9.99. The molecule has 0 saturated carbocycles. The van der Waals surface area contributed by atoms with Gasteiger partial charge in [0.2, 0.25) is 0 Å². The fourth-order valence-corrected chi connectivity index (χ4v) is 3.41. The van der Waals surface area contributed by atoms with Gasteiger partial charge in [-0.3, -0.25) is 4.79 Å². The zero-order valence-corrected chi connectivity index (χ0v) is 19.0. The Morgan fingerprint density at radius 3 is 2.69 bits per heavy atom. The van der Waals surface area contributed by atoms with Gasteiger partial charge in [-0.05, 0) is 55.0 Å². The Kier molecular flexibility index (Phi) is 6.85. The summed E-state index contributed by atoms with van der Waals surface area (Å²) in [5.41, 5.74) is 3.40. The Balaban J connectivity index is 1.54. The Hall–Kier alpha value is -4.16. The number of nitrogens with zero attached hydrogens (tertiary/aromatic N) is 3. The number of methoxy groups -OCH3 is 1. The first kappa shape index (κ1) is 24.0. The molecule has 9 heteroatoms. The number of imidazole rings is 1. The van der Waals surface area contributed by atoms with E-state index < -0.39 is 17.6 Å². The average Bonchev–Trinajstić information content (AvgIpc) is 3.24. The molecule has 1 N–H and O–H groups in total. The number of benzene rings is 2. The number of hydrogen-bond acceptors (Lipinski definition) is 4. The van der Waals surface area contributed by atoms with Crippen molar-refractivity contribution in [2.45, 2.75) is 19.6 Å². The first-order valence-electron chi connectivity index (χ1n) is 10.7. The van der Waals surface area contributed by atoms with E-state index in [9.17, 15) is 18.0 Å². The minimum atomic E-state index is -4.53. The van der Waals surface area contributed by atoms with Gasteiger partial charge in [-0.25, -0.2) is 9.97 Å². The Labute approximate surface area is 199 Å². The molecule has 0 aliphatic rings. The Morgan fingerprint density at radius 1 is 1.09 bits per heavy atom. The number of ether oxygens (including phenoxy) is 1. The van der Waals surface area contributed by atoms with Crippen molar-refractivity contribution in [2.24, 2.45) is 0 Å². The molecule has 0 aliphatic carbocycles. The number of halogens is 3. The molecule has 0 atom stereocenters. The molecule has 1 amide bonds. The van der Waals surface area contributed by atoms with Crippen molar-refractivity contribution in [1.82, 2.24) is 14.5 Å². The van der Waals surface area contributed by atoms with Crippen LogP contribution in [0.4, 0.5) is 19.0 Å². The predicted molar refractivity (Wildman–Crippen MR) is 126 cm³/mol. The minimum absolute atomic E-state index is 0.184. The number of aromatic nitrogens is 3. The van der Waals surface area contributed by atoms with Crippen molar-refractivity contribution in [3.8, 4) is 11.8 Å². The predicted octanol–water partition coefficient (Wildman–Crippen LogP) is 5.06. The van der Waals surface area contributed by atoms with Gasteiger partial charge >= 0.3 is 6.18 Å². The quantitative estimate of drug-likeness (QED) is 0.408. The number of pyridine rings is 1. The zero-order chi connectivity index (χ0) is 25.0. The van der Waals surface area contributed by atoms with Gasteiger partial charge in [-0.1, -0.05) is 17.9 Å². The summed E-state index contributed by atoms with van der Waals surface area (Å²) in [6.45, 7) is 3.14. The molecule has 4 rings (SSSR count). The van der Waals surface area contributed by atoms with Crippen molar-refractivity contribution >= 4 is 22.8 Å². The molecule has 0 aliphatic heterocycles. The molecule has 0 unspecified atom stereocenters. The van der Waals surface area contributed by atoms with Gasteiger partial charge in [0.15, 0.2) is 0 Å². The highest BCUT2D eigenvalue weighted by Crippen LogP contribution is 2.30. The fraction of sp³-hybridized carbons (Fsp3) is 0.192. The average molecular weight is 478 g/mol. The highest BCUT2D eigenvalue weighted by molar-refractivity contribution is 6.04. The molecule has 0 spiro atoms. The van der Waals surface area contributed by atoms with Gasteiger partial charge in [0.05, 0.1) is 29.5 Å². The molecular formula is C26H21F3N4O2. The summed E-state index contributed by atoms with van der Waals surface area (Å²) in [5.74, 6) is 5.40. The van der Waals surface area contributed by atoms with Crippen LogP contribution in [0.5, 0.6) is 0 Å². The molecule has 0 bridgehead atoms. The van der Waals surface area contributed by atoms with Crippen LogP contribution in [-0.2, 0) is 17.5 Å². The van der Waals surface area contributed by atoms with E-state index in [1.165, 1.54) is 0 Å². The monoisotopic (exact) mass is 478 g/mol. The third-order valence-corrected chi connectivity index (χ3v) is 5.33. The number of nitrogens with one attached hydrogen (secondary N) is 1. The van der Waals surface area contributed by atoms with Gasteiger partial charge in [-0.15, -0.1) is 0 Å². The van der Waals surface area contributed by atoms with E-state index in [4.69, 9.17) is 4.74 Å². The van der Waals surface area contributed by atoms with Crippen LogP contribution >= 0.6 is 0 Å². The lowest BCUT2D eigenvalue weighted by molar-refractivity contribution is -0.137. The number of anilines is 1. The van der Waals surface area contributed by atoms with Crippen LogP contribution in [0.15, 0.2) is 61.1 Å². The number of carbonyl (C=O) groups is 1. The van der Waals surface area contributed by atoms with E-state index in [-0.39, 0.29) is 11.4 Å². The highest BCUT2D eigenvalue weighted by atomic mass is 19.4. The summed E-state index contributed by atoms with van der Waals surface area (Å²) >= 11 is 0. The fourth-order valence-electron chi connectivity index (χ4n) is 3.41. The molecule has 0 saturated heterocycles. The summed E-state index contributed by atoms with van der Waals surface area (Å²) in [4.78, 5) is 20.9. The number of alkyl halides is 3. The lowest BCUT2D eigenvalue weighted by Crippen LogP contribution is -2.14. The SMILES string of the molecule is COCCn1cnc2cc(C#Cc3cc(C(=O)Nc4cc(C(F)(F)F)ccn4)ccc3C)ccc21. The molecule has 178 valence electrons. The minimum Gasteiger partial charge on any atom is -0.383 e. The van der Waals surface area contributed by atoms with Gasteiger partial charge in [0.25, 0.3) is 5.91 Å². The van der Waals surface area contributed by atoms with Gasteiger partial charge < -0.3 is 14.6 Å². The van der Waals surface area contributed by atoms with E-state index in [1.54, 1.807) is 31.6 Å². The molecule has 0 radical (unpaired) electrons. The molecule has 0 fully saturated rings. The number of hydrogen-bond donors (Lipinski definition) is 1. The maximum Gasteiger partial charge on any atom is 0.416 e. The smallest absolute Gasteiger partial charge is 0.383 e. The largest absolute Gasteiger partial charge is 0.416 e. The highest BCUT2D eigenvalue weighted by Gasteiger charge is 2.30. The maximum atomic E-state index is 12.9. The number of carbonyl (C=O) groups excluding carboxylic acids is 1. The van der Waals surface area contributed by atoms with Gasteiger partial charge in [-0.2, -0.15) is 13.2 Å². The normalized spacial score (nSPS) is 11.2. The summed E-state index contributed by atoms with van der Waals surface area (Å²) in [6.07, 6.45) is -1.77. The second-order valence-corrected chi connectivity index (χ2v) is 7.80. The van der Waals surface area contributed by atoms with Crippen LogP contribution < -0.4 is 5.32 Å². The topological polar surface area (TPSA) is 69.0 Å². The molecule has 4 aromatic rings.